The Morgan fingerprint density at radius 1 is 1.07 bits per heavy atom. The number of rotatable bonds is 7. The second-order valence-electron chi connectivity index (χ2n) is 6.53. The number of hydrazone groups is 1. The molecule has 0 bridgehead atoms. The zero-order chi connectivity index (χ0) is 20.9. The molecule has 1 N–H and O–H groups in total. The largest absolute Gasteiger partial charge is 0.493 e. The number of benzene rings is 3. The van der Waals surface area contributed by atoms with Crippen LogP contribution in [0.25, 0.3) is 0 Å². The summed E-state index contributed by atoms with van der Waals surface area (Å²) in [5.74, 6) is 1.22. The first-order valence-electron chi connectivity index (χ1n) is 9.23. The van der Waals surface area contributed by atoms with Gasteiger partial charge in [0.2, 0.25) is 0 Å². The zero-order valence-corrected chi connectivity index (χ0v) is 17.0. The van der Waals surface area contributed by atoms with Gasteiger partial charge in [0.15, 0.2) is 11.5 Å². The fourth-order valence-electron chi connectivity index (χ4n) is 2.98. The number of nitro groups is 1. The topological polar surface area (TPSA) is 86.0 Å². The van der Waals surface area contributed by atoms with Gasteiger partial charge in [-0.05, 0) is 35.4 Å². The average Bonchev–Trinajstić information content (AvgIpc) is 3.29. The number of non-ortho nitro benzene ring substituents is 1. The van der Waals surface area contributed by atoms with E-state index in [2.05, 4.69) is 10.5 Å². The van der Waals surface area contributed by atoms with Crippen LogP contribution in [0.5, 0.6) is 11.5 Å². The quantitative estimate of drug-likeness (QED) is 0.432. The van der Waals surface area contributed by atoms with Gasteiger partial charge < -0.3 is 9.47 Å². The van der Waals surface area contributed by atoms with E-state index >= 15 is 0 Å². The van der Waals surface area contributed by atoms with E-state index in [9.17, 15) is 10.1 Å². The summed E-state index contributed by atoms with van der Waals surface area (Å²) in [6.07, 6.45) is 0. The Kier molecular flexibility index (Phi) is 5.85. The van der Waals surface area contributed by atoms with Crippen LogP contribution in [-0.4, -0.2) is 17.1 Å². The molecule has 0 amide bonds. The average molecular weight is 421 g/mol. The molecule has 0 radical (unpaired) electrons. The molecular formula is C22H19N3O4S. The van der Waals surface area contributed by atoms with Crippen molar-refractivity contribution in [2.45, 2.75) is 12.0 Å². The van der Waals surface area contributed by atoms with E-state index in [-0.39, 0.29) is 17.7 Å². The molecule has 4 rings (SSSR count). The van der Waals surface area contributed by atoms with Crippen molar-refractivity contribution in [1.29, 1.82) is 0 Å². The summed E-state index contributed by atoms with van der Waals surface area (Å²) in [6, 6.07) is 22.1. The minimum Gasteiger partial charge on any atom is -0.493 e. The van der Waals surface area contributed by atoms with Gasteiger partial charge in [-0.2, -0.15) is 5.10 Å². The molecule has 1 heterocycles. The van der Waals surface area contributed by atoms with Gasteiger partial charge in [0.25, 0.3) is 5.69 Å². The van der Waals surface area contributed by atoms with E-state index in [1.165, 1.54) is 12.1 Å². The number of nitro benzene ring substituents is 1. The minimum absolute atomic E-state index is 0.0159. The Hall–Kier alpha value is -3.52. The Morgan fingerprint density at radius 2 is 1.83 bits per heavy atom. The second kappa shape index (κ2) is 8.87. The lowest BCUT2D eigenvalue weighted by atomic mass is 10.2. The first-order chi connectivity index (χ1) is 14.6. The number of nitrogens with one attached hydrogen (secondary N) is 1. The molecule has 1 aliphatic rings. The van der Waals surface area contributed by atoms with Crippen LogP contribution in [0.1, 0.15) is 22.1 Å². The summed E-state index contributed by atoms with van der Waals surface area (Å²) in [6.45, 7) is 0.283. The molecule has 30 heavy (non-hydrogen) atoms. The van der Waals surface area contributed by atoms with Crippen LogP contribution in [0.15, 0.2) is 77.9 Å². The summed E-state index contributed by atoms with van der Waals surface area (Å²) in [5.41, 5.74) is 6.15. The molecule has 0 aromatic heterocycles. The molecule has 152 valence electrons. The minimum atomic E-state index is -0.422. The van der Waals surface area contributed by atoms with Gasteiger partial charge in [-0.15, -0.1) is 0 Å². The van der Waals surface area contributed by atoms with Crippen molar-refractivity contribution in [2.24, 2.45) is 5.10 Å². The highest BCUT2D eigenvalue weighted by molar-refractivity contribution is 8.14. The van der Waals surface area contributed by atoms with Gasteiger partial charge in [0, 0.05) is 17.7 Å². The van der Waals surface area contributed by atoms with Crippen LogP contribution < -0.4 is 14.9 Å². The molecule has 0 aliphatic carbocycles. The fourth-order valence-corrected chi connectivity index (χ4v) is 3.97. The van der Waals surface area contributed by atoms with E-state index in [1.54, 1.807) is 31.0 Å². The lowest BCUT2D eigenvalue weighted by molar-refractivity contribution is -0.384. The van der Waals surface area contributed by atoms with Crippen molar-refractivity contribution >= 4 is 22.5 Å². The smallest absolute Gasteiger partial charge is 0.269 e. The summed E-state index contributed by atoms with van der Waals surface area (Å²) in [4.78, 5) is 10.3. The Morgan fingerprint density at radius 3 is 2.53 bits per heavy atom. The molecule has 0 fully saturated rings. The van der Waals surface area contributed by atoms with Gasteiger partial charge in [0.05, 0.1) is 12.0 Å². The summed E-state index contributed by atoms with van der Waals surface area (Å²) >= 11 is 1.64. The molecule has 1 aliphatic heterocycles. The SMILES string of the molecule is COc1cc([C@H]2NN=C(c3ccccc3)S2)ccc1OCc1ccc([N+](=O)[O-])cc1. The first kappa shape index (κ1) is 19.8. The predicted octanol–water partition coefficient (Wildman–Crippen LogP) is 4.88. The Balaban J connectivity index is 1.42. The molecule has 0 spiro atoms. The molecule has 3 aromatic rings. The van der Waals surface area contributed by atoms with Crippen LogP contribution in [0, 0.1) is 10.1 Å². The van der Waals surface area contributed by atoms with Crippen molar-refractivity contribution in [3.8, 4) is 11.5 Å². The number of ether oxygens (including phenoxy) is 2. The number of hydrogen-bond donors (Lipinski definition) is 1. The van der Waals surface area contributed by atoms with Crippen molar-refractivity contribution in [2.75, 3.05) is 7.11 Å². The third-order valence-corrected chi connectivity index (χ3v) is 5.73. The van der Waals surface area contributed by atoms with Crippen molar-refractivity contribution in [3.05, 3.63) is 99.6 Å². The van der Waals surface area contributed by atoms with Gasteiger partial charge >= 0.3 is 0 Å². The lowest BCUT2D eigenvalue weighted by Gasteiger charge is -2.15. The zero-order valence-electron chi connectivity index (χ0n) is 16.1. The van der Waals surface area contributed by atoms with Crippen molar-refractivity contribution in [3.63, 3.8) is 0 Å². The maximum atomic E-state index is 10.8. The highest BCUT2D eigenvalue weighted by Crippen LogP contribution is 2.38. The van der Waals surface area contributed by atoms with Gasteiger partial charge in [-0.1, -0.05) is 48.2 Å². The van der Waals surface area contributed by atoms with Gasteiger partial charge in [-0.3, -0.25) is 15.5 Å². The molecule has 0 saturated heterocycles. The fraction of sp³-hybridized carbons (Fsp3) is 0.136. The van der Waals surface area contributed by atoms with Gasteiger partial charge in [-0.25, -0.2) is 0 Å². The molecule has 0 saturated carbocycles. The van der Waals surface area contributed by atoms with E-state index in [4.69, 9.17) is 9.47 Å². The molecule has 1 atom stereocenters. The maximum Gasteiger partial charge on any atom is 0.269 e. The summed E-state index contributed by atoms with van der Waals surface area (Å²) < 4.78 is 11.4. The van der Waals surface area contributed by atoms with Crippen LogP contribution in [0.3, 0.4) is 0 Å². The van der Waals surface area contributed by atoms with E-state index in [1.807, 2.05) is 48.5 Å². The number of hydrogen-bond acceptors (Lipinski definition) is 7. The first-order valence-corrected chi connectivity index (χ1v) is 10.1. The predicted molar refractivity (Wildman–Crippen MR) is 117 cm³/mol. The van der Waals surface area contributed by atoms with Crippen LogP contribution in [0.2, 0.25) is 0 Å². The Labute approximate surface area is 177 Å². The van der Waals surface area contributed by atoms with Crippen molar-refractivity contribution in [1.82, 2.24) is 5.43 Å². The molecular weight excluding hydrogens is 402 g/mol. The standard InChI is InChI=1S/C22H19N3O4S/c1-28-20-13-17(22-24-23-21(30-22)16-5-3-2-4-6-16)9-12-19(20)29-14-15-7-10-18(11-8-15)25(26)27/h2-13,22,24H,14H2,1H3/t22-/m0/s1. The normalized spacial score (nSPS) is 15.2. The third-order valence-electron chi connectivity index (χ3n) is 4.57. The summed E-state index contributed by atoms with van der Waals surface area (Å²) in [5, 5.41) is 16.1. The molecule has 8 heteroatoms. The number of nitrogens with zero attached hydrogens (tertiary/aromatic N) is 2. The van der Waals surface area contributed by atoms with Crippen LogP contribution in [-0.2, 0) is 6.61 Å². The Bertz CT molecular complexity index is 1070. The maximum absolute atomic E-state index is 10.8. The van der Waals surface area contributed by atoms with Gasteiger partial charge in [0.1, 0.15) is 17.0 Å². The van der Waals surface area contributed by atoms with Crippen LogP contribution in [0.4, 0.5) is 5.69 Å². The highest BCUT2D eigenvalue weighted by atomic mass is 32.2. The summed E-state index contributed by atoms with van der Waals surface area (Å²) in [7, 11) is 1.60. The number of methoxy groups -OCH3 is 1. The van der Waals surface area contributed by atoms with Crippen molar-refractivity contribution < 1.29 is 14.4 Å². The van der Waals surface area contributed by atoms with E-state index in [0.29, 0.717) is 11.5 Å². The monoisotopic (exact) mass is 421 g/mol. The second-order valence-corrected chi connectivity index (χ2v) is 7.63. The number of thioether (sulfide) groups is 1. The third kappa shape index (κ3) is 4.38. The highest BCUT2D eigenvalue weighted by Gasteiger charge is 2.23. The van der Waals surface area contributed by atoms with E-state index < -0.39 is 4.92 Å². The molecule has 0 unspecified atom stereocenters. The van der Waals surface area contributed by atoms with E-state index in [0.717, 1.165) is 21.7 Å². The lowest BCUT2D eigenvalue weighted by Crippen LogP contribution is -2.07. The van der Waals surface area contributed by atoms with Crippen LogP contribution >= 0.6 is 11.8 Å². The molecule has 7 nitrogen and oxygen atoms in total. The molecule has 3 aromatic carbocycles.